The van der Waals surface area contributed by atoms with Crippen molar-refractivity contribution in [2.45, 2.75) is 31.6 Å². The highest BCUT2D eigenvalue weighted by atomic mass is 127. The van der Waals surface area contributed by atoms with Gasteiger partial charge in [-0.3, -0.25) is 0 Å². The van der Waals surface area contributed by atoms with Crippen LogP contribution in [0.5, 0.6) is 0 Å². The molecule has 0 aliphatic heterocycles. The Labute approximate surface area is 168 Å². The van der Waals surface area contributed by atoms with Gasteiger partial charge in [-0.1, -0.05) is 24.3 Å². The van der Waals surface area contributed by atoms with Crippen LogP contribution in [0.25, 0.3) is 0 Å². The van der Waals surface area contributed by atoms with Gasteiger partial charge >= 0.3 is 12.4 Å². The Bertz CT molecular complexity index is 725. The fourth-order valence-corrected chi connectivity index (χ4v) is 3.41. The van der Waals surface area contributed by atoms with Crippen LogP contribution in [0.4, 0.5) is 26.3 Å². The fraction of sp³-hybridized carbons (Fsp3) is 0.294. The third-order valence-corrected chi connectivity index (χ3v) is 6.45. The van der Waals surface area contributed by atoms with E-state index >= 15 is 0 Å². The quantitative estimate of drug-likeness (QED) is 0.266. The van der Waals surface area contributed by atoms with Crippen molar-refractivity contribution >= 4 is 45.2 Å². The number of alkyl halides is 6. The second-order valence-corrected chi connectivity index (χ2v) is 8.00. The molecule has 25 heavy (non-hydrogen) atoms. The Hall–Kier alpha value is -0.520. The number of benzene rings is 2. The predicted molar refractivity (Wildman–Crippen MR) is 101 cm³/mol. The molecule has 0 aliphatic carbocycles. The maximum absolute atomic E-state index is 14.0. The molecule has 0 spiro atoms. The number of hydrogen-bond donors (Lipinski definition) is 0. The summed E-state index contributed by atoms with van der Waals surface area (Å²) in [6.07, 6.45) is -11.1. The van der Waals surface area contributed by atoms with Gasteiger partial charge in [0.15, 0.2) is 0 Å². The van der Waals surface area contributed by atoms with Gasteiger partial charge in [0.25, 0.3) is 0 Å². The Kier molecular flexibility index (Phi) is 5.73. The molecular formula is C17H12F6I2. The first kappa shape index (κ1) is 20.8. The van der Waals surface area contributed by atoms with Gasteiger partial charge in [-0.2, -0.15) is 26.3 Å². The van der Waals surface area contributed by atoms with Crippen LogP contribution in [0, 0.1) is 21.0 Å². The van der Waals surface area contributed by atoms with Crippen molar-refractivity contribution in [3.8, 4) is 0 Å². The molecule has 0 heterocycles. The van der Waals surface area contributed by atoms with Crippen LogP contribution in [0.15, 0.2) is 36.4 Å². The van der Waals surface area contributed by atoms with E-state index in [0.717, 1.165) is 24.3 Å². The van der Waals surface area contributed by atoms with Gasteiger partial charge in [0.2, 0.25) is 5.41 Å². The second kappa shape index (κ2) is 6.90. The van der Waals surface area contributed by atoms with Crippen molar-refractivity contribution in [1.82, 2.24) is 0 Å². The molecule has 0 fully saturated rings. The number of hydrogen-bond acceptors (Lipinski definition) is 0. The van der Waals surface area contributed by atoms with E-state index in [2.05, 4.69) is 0 Å². The minimum atomic E-state index is -5.55. The average Bonchev–Trinajstić information content (AvgIpc) is 2.44. The fourth-order valence-electron chi connectivity index (χ4n) is 2.74. The van der Waals surface area contributed by atoms with Crippen LogP contribution in [0.1, 0.15) is 22.3 Å². The third kappa shape index (κ3) is 3.52. The molecule has 0 unspecified atom stereocenters. The topological polar surface area (TPSA) is 0 Å². The molecule has 0 aromatic heterocycles. The molecule has 0 atom stereocenters. The molecule has 2 rings (SSSR count). The molecule has 0 N–H and O–H groups in total. The van der Waals surface area contributed by atoms with Crippen LogP contribution in [0.3, 0.4) is 0 Å². The normalized spacial score (nSPS) is 13.2. The van der Waals surface area contributed by atoms with Crippen LogP contribution in [-0.4, -0.2) is 12.4 Å². The lowest BCUT2D eigenvalue weighted by Crippen LogP contribution is -2.54. The summed E-state index contributed by atoms with van der Waals surface area (Å²) < 4.78 is 85.1. The lowest BCUT2D eigenvalue weighted by molar-refractivity contribution is -0.288. The highest BCUT2D eigenvalue weighted by Gasteiger charge is 2.72. The zero-order valence-electron chi connectivity index (χ0n) is 13.0. The zero-order valence-corrected chi connectivity index (χ0v) is 17.3. The molecule has 8 heteroatoms. The number of rotatable bonds is 2. The van der Waals surface area contributed by atoms with E-state index in [1.807, 2.05) is 45.2 Å². The summed E-state index contributed by atoms with van der Waals surface area (Å²) >= 11 is 3.74. The monoisotopic (exact) mass is 584 g/mol. The first-order chi connectivity index (χ1) is 11.3. The zero-order chi connectivity index (χ0) is 19.2. The maximum atomic E-state index is 14.0. The summed E-state index contributed by atoms with van der Waals surface area (Å²) in [4.78, 5) is 0. The van der Waals surface area contributed by atoms with E-state index < -0.39 is 28.9 Å². The molecule has 0 saturated carbocycles. The highest BCUT2D eigenvalue weighted by Crippen LogP contribution is 2.56. The van der Waals surface area contributed by atoms with E-state index in [-0.39, 0.29) is 0 Å². The molecule has 2 aromatic rings. The lowest BCUT2D eigenvalue weighted by Gasteiger charge is -2.38. The van der Waals surface area contributed by atoms with Crippen LogP contribution in [-0.2, 0) is 5.41 Å². The van der Waals surface area contributed by atoms with Crippen molar-refractivity contribution in [2.75, 3.05) is 0 Å². The molecule has 0 bridgehead atoms. The van der Waals surface area contributed by atoms with E-state index in [0.29, 0.717) is 18.3 Å². The third-order valence-electron chi connectivity index (χ3n) is 4.03. The Morgan fingerprint density at radius 2 is 0.960 bits per heavy atom. The molecular weight excluding hydrogens is 572 g/mol. The van der Waals surface area contributed by atoms with Gasteiger partial charge in [-0.05, 0) is 93.4 Å². The smallest absolute Gasteiger partial charge is 0.169 e. The molecule has 0 saturated heterocycles. The van der Waals surface area contributed by atoms with Crippen LogP contribution >= 0.6 is 45.2 Å². The summed E-state index contributed by atoms with van der Waals surface area (Å²) in [5, 5.41) is 0. The van der Waals surface area contributed by atoms with Crippen molar-refractivity contribution in [3.05, 3.63) is 65.8 Å². The summed E-state index contributed by atoms with van der Waals surface area (Å²) in [6, 6.07) is 6.30. The van der Waals surface area contributed by atoms with Crippen molar-refractivity contribution in [2.24, 2.45) is 0 Å². The van der Waals surface area contributed by atoms with E-state index in [9.17, 15) is 26.3 Å². The highest BCUT2D eigenvalue weighted by molar-refractivity contribution is 14.1. The minimum absolute atomic E-state index is 0.359. The molecule has 0 aliphatic rings. The van der Waals surface area contributed by atoms with Crippen LogP contribution < -0.4 is 0 Å². The summed E-state index contributed by atoms with van der Waals surface area (Å²) in [7, 11) is 0. The SMILES string of the molecule is Cc1cc(C(c2ccc(I)c(C)c2)(C(F)(F)F)C(F)(F)F)ccc1I. The maximum Gasteiger partial charge on any atom is 0.411 e. The second-order valence-electron chi connectivity index (χ2n) is 5.67. The largest absolute Gasteiger partial charge is 0.411 e. The molecule has 0 radical (unpaired) electrons. The summed E-state index contributed by atoms with van der Waals surface area (Å²) in [5.74, 6) is 0. The molecule has 0 nitrogen and oxygen atoms in total. The van der Waals surface area contributed by atoms with E-state index in [1.165, 1.54) is 26.0 Å². The minimum Gasteiger partial charge on any atom is -0.169 e. The number of halogens is 8. The molecule has 0 amide bonds. The summed E-state index contributed by atoms with van der Waals surface area (Å²) in [6.45, 7) is 2.98. The first-order valence-electron chi connectivity index (χ1n) is 6.99. The van der Waals surface area contributed by atoms with E-state index in [1.54, 1.807) is 0 Å². The van der Waals surface area contributed by atoms with Gasteiger partial charge in [0.05, 0.1) is 0 Å². The molecule has 2 aromatic carbocycles. The molecule has 136 valence electrons. The van der Waals surface area contributed by atoms with Crippen molar-refractivity contribution < 1.29 is 26.3 Å². The standard InChI is InChI=1S/C17H12F6I2/c1-9-7-11(3-5-13(9)24)15(16(18,19)20,17(21,22)23)12-4-6-14(25)10(2)8-12/h3-8H,1-2H3. The predicted octanol–water partition coefficient (Wildman–Crippen LogP) is 6.92. The van der Waals surface area contributed by atoms with Gasteiger partial charge in [-0.25, -0.2) is 0 Å². The van der Waals surface area contributed by atoms with Gasteiger partial charge in [0.1, 0.15) is 0 Å². The summed E-state index contributed by atoms with van der Waals surface area (Å²) in [5.41, 5.74) is -5.02. The van der Waals surface area contributed by atoms with Crippen molar-refractivity contribution in [1.29, 1.82) is 0 Å². The average molecular weight is 584 g/mol. The van der Waals surface area contributed by atoms with Gasteiger partial charge in [0, 0.05) is 7.14 Å². The Balaban J connectivity index is 2.96. The van der Waals surface area contributed by atoms with Crippen molar-refractivity contribution in [3.63, 3.8) is 0 Å². The Morgan fingerprint density at radius 3 is 1.20 bits per heavy atom. The van der Waals surface area contributed by atoms with E-state index in [4.69, 9.17) is 0 Å². The van der Waals surface area contributed by atoms with Gasteiger partial charge in [-0.15, -0.1) is 0 Å². The number of aryl methyl sites for hydroxylation is 2. The first-order valence-corrected chi connectivity index (χ1v) is 9.15. The van der Waals surface area contributed by atoms with Crippen LogP contribution in [0.2, 0.25) is 0 Å². The lowest BCUT2D eigenvalue weighted by atomic mass is 9.72. The van der Waals surface area contributed by atoms with Gasteiger partial charge < -0.3 is 0 Å². The Morgan fingerprint density at radius 1 is 0.640 bits per heavy atom.